The quantitative estimate of drug-likeness (QED) is 0.510. The van der Waals surface area contributed by atoms with E-state index in [1.54, 1.807) is 24.3 Å². The molecule has 0 saturated carbocycles. The maximum atomic E-state index is 8.65. The smallest absolute Gasteiger partial charge is 0.194 e. The van der Waals surface area contributed by atoms with E-state index in [4.69, 9.17) is 22.6 Å². The number of benzene rings is 1. The van der Waals surface area contributed by atoms with Crippen LogP contribution >= 0.6 is 39.7 Å². The minimum absolute atomic E-state index is 0.0333. The normalized spacial score (nSPS) is 10.7. The number of hydrogen-bond acceptors (Lipinski definition) is 4. The second kappa shape index (κ2) is 5.80. The van der Waals surface area contributed by atoms with Gasteiger partial charge in [0.05, 0.1) is 10.7 Å². The molecule has 0 fully saturated rings. The number of nitriles is 1. The van der Waals surface area contributed by atoms with Crippen molar-refractivity contribution < 1.29 is 0 Å². The van der Waals surface area contributed by atoms with Crippen molar-refractivity contribution in [3.63, 3.8) is 0 Å². The largest absolute Gasteiger partial charge is 0.387 e. The molecule has 3 N–H and O–H groups in total. The Labute approximate surface area is 111 Å². The number of nitrogens with two attached hydrogens (primary N) is 1. The highest BCUT2D eigenvalue weighted by Crippen LogP contribution is 2.25. The molecule has 1 aromatic rings. The Morgan fingerprint density at radius 1 is 1.62 bits per heavy atom. The van der Waals surface area contributed by atoms with Gasteiger partial charge in [-0.3, -0.25) is 5.43 Å². The number of anilines is 1. The molecule has 1 rings (SSSR count). The average Bonchev–Trinajstić information content (AvgIpc) is 2.23. The van der Waals surface area contributed by atoms with Crippen molar-refractivity contribution in [3.05, 3.63) is 27.7 Å². The fraction of sp³-hybridized carbons (Fsp3) is 0. The third kappa shape index (κ3) is 3.45. The molecule has 0 spiro atoms. The topological polar surface area (TPSA) is 74.2 Å². The fourth-order valence-corrected chi connectivity index (χ4v) is 1.34. The van der Waals surface area contributed by atoms with Crippen LogP contribution in [0.3, 0.4) is 0 Å². The molecule has 0 aliphatic heterocycles. The molecule has 0 atom stereocenters. The van der Waals surface area contributed by atoms with Gasteiger partial charge in [-0.05, 0) is 34.1 Å². The molecule has 0 saturated heterocycles. The van der Waals surface area contributed by atoms with Gasteiger partial charge in [0.1, 0.15) is 11.1 Å². The van der Waals surface area contributed by atoms with E-state index in [1.807, 2.05) is 0 Å². The Hall–Kier alpha value is -1.16. The second-order valence-corrected chi connectivity index (χ2v) is 4.38. The zero-order valence-electron chi connectivity index (χ0n) is 7.87. The molecule has 82 valence electrons. The lowest BCUT2D eigenvalue weighted by Gasteiger charge is -2.02. The van der Waals surface area contributed by atoms with Crippen LogP contribution in [0.1, 0.15) is 0 Å². The van der Waals surface area contributed by atoms with Gasteiger partial charge in [0.15, 0.2) is 5.71 Å². The molecule has 0 bridgehead atoms. The van der Waals surface area contributed by atoms with Gasteiger partial charge in [0.25, 0.3) is 0 Å². The van der Waals surface area contributed by atoms with Gasteiger partial charge in [-0.1, -0.05) is 23.8 Å². The first-order valence-electron chi connectivity index (χ1n) is 4.03. The van der Waals surface area contributed by atoms with Crippen molar-refractivity contribution in [2.75, 3.05) is 5.43 Å². The van der Waals surface area contributed by atoms with Gasteiger partial charge in [0.2, 0.25) is 0 Å². The lowest BCUT2D eigenvalue weighted by atomic mass is 10.3. The lowest BCUT2D eigenvalue weighted by Crippen LogP contribution is -2.20. The number of thiocarbonyl (C=S) groups is 1. The molecule has 0 aliphatic carbocycles. The first-order valence-corrected chi connectivity index (χ1v) is 5.61. The Bertz CT molecular complexity index is 495. The van der Waals surface area contributed by atoms with Gasteiger partial charge in [0, 0.05) is 4.47 Å². The van der Waals surface area contributed by atoms with Crippen LogP contribution in [0, 0.1) is 11.3 Å². The first kappa shape index (κ1) is 12.9. The standard InChI is InChI=1S/C9H6BrClN4S/c10-6-2-1-5(3-7(6)11)14-15-8(4-12)9(13)16/h1-3,14H,(H2,13,16)/b15-8+. The van der Waals surface area contributed by atoms with Crippen LogP contribution in [-0.4, -0.2) is 10.7 Å². The van der Waals surface area contributed by atoms with Crippen molar-refractivity contribution >= 4 is 56.1 Å². The molecule has 16 heavy (non-hydrogen) atoms. The summed E-state index contributed by atoms with van der Waals surface area (Å²) in [6.45, 7) is 0. The van der Waals surface area contributed by atoms with E-state index in [2.05, 4.69) is 38.7 Å². The van der Waals surface area contributed by atoms with Gasteiger partial charge >= 0.3 is 0 Å². The van der Waals surface area contributed by atoms with Crippen LogP contribution in [0.15, 0.2) is 27.8 Å². The minimum Gasteiger partial charge on any atom is -0.387 e. The number of hydrogen-bond donors (Lipinski definition) is 2. The van der Waals surface area contributed by atoms with E-state index in [1.165, 1.54) is 0 Å². The maximum Gasteiger partial charge on any atom is 0.194 e. The summed E-state index contributed by atoms with van der Waals surface area (Å²) in [7, 11) is 0. The first-order chi connectivity index (χ1) is 7.54. The highest BCUT2D eigenvalue weighted by molar-refractivity contribution is 9.10. The summed E-state index contributed by atoms with van der Waals surface area (Å²) in [5.74, 6) is 0. The third-order valence-corrected chi connectivity index (χ3v) is 2.98. The van der Waals surface area contributed by atoms with Crippen LogP contribution in [0.5, 0.6) is 0 Å². The molecule has 4 nitrogen and oxygen atoms in total. The lowest BCUT2D eigenvalue weighted by molar-refractivity contribution is 1.34. The van der Waals surface area contributed by atoms with E-state index in [9.17, 15) is 0 Å². The van der Waals surface area contributed by atoms with Crippen LogP contribution < -0.4 is 11.2 Å². The predicted octanol–water partition coefficient (Wildman–Crippen LogP) is 2.68. The van der Waals surface area contributed by atoms with Crippen LogP contribution in [-0.2, 0) is 0 Å². The zero-order valence-corrected chi connectivity index (χ0v) is 11.0. The van der Waals surface area contributed by atoms with Crippen molar-refractivity contribution in [1.82, 2.24) is 0 Å². The molecule has 0 unspecified atom stereocenters. The number of hydrazone groups is 1. The van der Waals surface area contributed by atoms with Crippen LogP contribution in [0.25, 0.3) is 0 Å². The number of halogens is 2. The second-order valence-electron chi connectivity index (χ2n) is 2.68. The molecule has 7 heteroatoms. The molecule has 1 aromatic carbocycles. The van der Waals surface area contributed by atoms with Gasteiger partial charge in [-0.15, -0.1) is 0 Å². The van der Waals surface area contributed by atoms with Crippen molar-refractivity contribution in [3.8, 4) is 6.07 Å². The van der Waals surface area contributed by atoms with Gasteiger partial charge in [-0.2, -0.15) is 10.4 Å². The van der Waals surface area contributed by atoms with E-state index in [0.29, 0.717) is 10.7 Å². The molecule has 0 aliphatic rings. The van der Waals surface area contributed by atoms with E-state index in [0.717, 1.165) is 4.47 Å². The summed E-state index contributed by atoms with van der Waals surface area (Å²) >= 11 is 13.8. The molecular weight excluding hydrogens is 312 g/mol. The van der Waals surface area contributed by atoms with Crippen molar-refractivity contribution in [1.29, 1.82) is 5.26 Å². The number of rotatable bonds is 3. The van der Waals surface area contributed by atoms with E-state index in [-0.39, 0.29) is 10.7 Å². The fourth-order valence-electron chi connectivity index (χ4n) is 0.821. The van der Waals surface area contributed by atoms with Crippen LogP contribution in [0.4, 0.5) is 5.69 Å². The zero-order chi connectivity index (χ0) is 12.1. The third-order valence-electron chi connectivity index (χ3n) is 1.56. The molecule has 0 amide bonds. The molecule has 0 aromatic heterocycles. The Kier molecular flexibility index (Phi) is 4.68. The van der Waals surface area contributed by atoms with Gasteiger partial charge < -0.3 is 5.73 Å². The van der Waals surface area contributed by atoms with Gasteiger partial charge in [-0.25, -0.2) is 0 Å². The summed E-state index contributed by atoms with van der Waals surface area (Å²) in [4.78, 5) is -0.0572. The van der Waals surface area contributed by atoms with E-state index >= 15 is 0 Å². The van der Waals surface area contributed by atoms with E-state index < -0.39 is 0 Å². The number of nitrogens with zero attached hydrogens (tertiary/aromatic N) is 2. The van der Waals surface area contributed by atoms with Crippen LogP contribution in [0.2, 0.25) is 5.02 Å². The average molecular weight is 318 g/mol. The molecule has 0 heterocycles. The molecular formula is C9H6BrClN4S. The minimum atomic E-state index is -0.0572. The highest BCUT2D eigenvalue weighted by atomic mass is 79.9. The summed E-state index contributed by atoms with van der Waals surface area (Å²) in [6, 6.07) is 6.93. The Morgan fingerprint density at radius 2 is 2.31 bits per heavy atom. The van der Waals surface area contributed by atoms with Crippen molar-refractivity contribution in [2.45, 2.75) is 0 Å². The maximum absolute atomic E-state index is 8.65. The SMILES string of the molecule is N#C/C(=N\Nc1ccc(Br)c(Cl)c1)C(N)=S. The summed E-state index contributed by atoms with van der Waals surface area (Å²) in [5.41, 5.74) is 8.51. The number of nitrogens with one attached hydrogen (secondary N) is 1. The monoisotopic (exact) mass is 316 g/mol. The van der Waals surface area contributed by atoms with Crippen molar-refractivity contribution in [2.24, 2.45) is 10.8 Å². The summed E-state index contributed by atoms with van der Waals surface area (Å²) in [5, 5.41) is 12.9. The Morgan fingerprint density at radius 3 is 2.81 bits per heavy atom. The highest BCUT2D eigenvalue weighted by Gasteiger charge is 2.01. The summed E-state index contributed by atoms with van der Waals surface area (Å²) < 4.78 is 0.776. The molecule has 0 radical (unpaired) electrons. The predicted molar refractivity (Wildman–Crippen MR) is 72.6 cm³/mol. The summed E-state index contributed by atoms with van der Waals surface area (Å²) in [6.07, 6.45) is 0. The Balaban J connectivity index is 2.86.